The van der Waals surface area contributed by atoms with Crippen molar-refractivity contribution in [3.8, 4) is 0 Å². The van der Waals surface area contributed by atoms with Crippen molar-refractivity contribution >= 4 is 18.2 Å². The smallest absolute Gasteiger partial charge is 0.419 e. The largest absolute Gasteiger partial charge is 0.468 e. The number of imidazole rings is 1. The van der Waals surface area contributed by atoms with Crippen molar-refractivity contribution in [2.45, 2.75) is 116 Å². The van der Waals surface area contributed by atoms with E-state index in [1.807, 2.05) is 12.5 Å². The van der Waals surface area contributed by atoms with Crippen molar-refractivity contribution in [3.63, 3.8) is 0 Å². The second-order valence-electron chi connectivity index (χ2n) is 12.1. The first-order valence-corrected chi connectivity index (χ1v) is 13.1. The van der Waals surface area contributed by atoms with Gasteiger partial charge in [0, 0.05) is 18.8 Å². The van der Waals surface area contributed by atoms with Crippen LogP contribution in [0.3, 0.4) is 0 Å². The summed E-state index contributed by atoms with van der Waals surface area (Å²) in [6.07, 6.45) is 10.1. The van der Waals surface area contributed by atoms with Crippen LogP contribution in [0.15, 0.2) is 12.5 Å². The van der Waals surface area contributed by atoms with Gasteiger partial charge in [0.1, 0.15) is 16.6 Å². The number of rotatable bonds is 7. The fraction of sp³-hybridized carbons (Fsp3) is 0.778. The third-order valence-electron chi connectivity index (χ3n) is 6.87. The molecule has 0 N–H and O–H groups in total. The van der Waals surface area contributed by atoms with Gasteiger partial charge in [-0.1, -0.05) is 19.3 Å². The van der Waals surface area contributed by atoms with Crippen LogP contribution in [0, 0.1) is 5.92 Å². The van der Waals surface area contributed by atoms with Gasteiger partial charge in [0.05, 0.1) is 19.1 Å². The summed E-state index contributed by atoms with van der Waals surface area (Å²) in [7, 11) is 1.41. The molecular formula is C27H43N3O6. The summed E-state index contributed by atoms with van der Waals surface area (Å²) in [5.74, 6) is -0.253. The van der Waals surface area contributed by atoms with Crippen LogP contribution in [0.5, 0.6) is 0 Å². The lowest BCUT2D eigenvalue weighted by atomic mass is 9.95. The van der Waals surface area contributed by atoms with Gasteiger partial charge in [-0.3, -0.25) is 4.79 Å². The van der Waals surface area contributed by atoms with E-state index in [-0.39, 0.29) is 18.4 Å². The highest BCUT2D eigenvalue weighted by Gasteiger charge is 2.63. The molecule has 2 unspecified atom stereocenters. The summed E-state index contributed by atoms with van der Waals surface area (Å²) in [6, 6.07) is 0.433. The zero-order chi connectivity index (χ0) is 26.7. The van der Waals surface area contributed by atoms with E-state index < -0.39 is 28.8 Å². The van der Waals surface area contributed by atoms with E-state index in [9.17, 15) is 14.4 Å². The van der Waals surface area contributed by atoms with Crippen molar-refractivity contribution in [2.75, 3.05) is 13.7 Å². The zero-order valence-electron chi connectivity index (χ0n) is 23.0. The molecule has 1 aromatic rings. The number of aromatic nitrogens is 2. The molecule has 0 radical (unpaired) electrons. The number of hydrogen-bond donors (Lipinski definition) is 0. The molecule has 2 fully saturated rings. The molecule has 0 spiro atoms. The van der Waals surface area contributed by atoms with Gasteiger partial charge >= 0.3 is 18.2 Å². The summed E-state index contributed by atoms with van der Waals surface area (Å²) < 4.78 is 18.2. The van der Waals surface area contributed by atoms with E-state index in [4.69, 9.17) is 14.2 Å². The van der Waals surface area contributed by atoms with Crippen LogP contribution in [0.2, 0.25) is 0 Å². The number of imide groups is 1. The van der Waals surface area contributed by atoms with Crippen LogP contribution in [-0.2, 0) is 24.4 Å². The van der Waals surface area contributed by atoms with Crippen LogP contribution < -0.4 is 0 Å². The number of amides is 2. The number of carbonyl (C=O) groups is 3. The molecule has 1 aromatic heterocycles. The second kappa shape index (κ2) is 10.8. The number of hydrogen-bond acceptors (Lipinski definition) is 7. The topological polar surface area (TPSA) is 100.0 Å². The van der Waals surface area contributed by atoms with E-state index in [0.29, 0.717) is 25.3 Å². The van der Waals surface area contributed by atoms with Crippen molar-refractivity contribution in [1.29, 1.82) is 0 Å². The van der Waals surface area contributed by atoms with Gasteiger partial charge in [-0.05, 0) is 79.6 Å². The van der Waals surface area contributed by atoms with Crippen LogP contribution in [0.1, 0.15) is 105 Å². The van der Waals surface area contributed by atoms with Crippen molar-refractivity contribution in [3.05, 3.63) is 18.2 Å². The standard InChI is InChI=1S/C27H43N3O6/c1-25(2,3)35-23(32)30(24(33)36-26(4,5)6)15-11-12-19-16-27(19,22(31)34-7)21-17-29(18-28-21)20-13-9-8-10-14-20/h17-20H,8-16H2,1-7H3. The highest BCUT2D eigenvalue weighted by Crippen LogP contribution is 2.57. The Morgan fingerprint density at radius 3 is 2.14 bits per heavy atom. The quantitative estimate of drug-likeness (QED) is 0.342. The van der Waals surface area contributed by atoms with Gasteiger partial charge in [-0.2, -0.15) is 0 Å². The highest BCUT2D eigenvalue weighted by atomic mass is 16.6. The Balaban J connectivity index is 1.67. The SMILES string of the molecule is COC(=O)C1(c2cn(C3CCCCC3)cn2)CC1CCCN(C(=O)OC(C)(C)C)C(=O)OC(C)(C)C. The van der Waals surface area contributed by atoms with Crippen LogP contribution in [-0.4, -0.2) is 57.5 Å². The van der Waals surface area contributed by atoms with Gasteiger partial charge in [0.15, 0.2) is 0 Å². The molecule has 1 heterocycles. The van der Waals surface area contributed by atoms with Crippen LogP contribution >= 0.6 is 0 Å². The molecule has 0 aromatic carbocycles. The van der Waals surface area contributed by atoms with Gasteiger partial charge in [-0.15, -0.1) is 0 Å². The third kappa shape index (κ3) is 6.79. The maximum Gasteiger partial charge on any atom is 0.419 e. The van der Waals surface area contributed by atoms with Crippen molar-refractivity contribution in [1.82, 2.24) is 14.5 Å². The minimum Gasteiger partial charge on any atom is -0.468 e. The van der Waals surface area contributed by atoms with Crippen LogP contribution in [0.25, 0.3) is 0 Å². The summed E-state index contributed by atoms with van der Waals surface area (Å²) in [5, 5.41) is 0. The Hall–Kier alpha value is -2.58. The predicted octanol–water partition coefficient (Wildman–Crippen LogP) is 5.77. The summed E-state index contributed by atoms with van der Waals surface area (Å²) in [4.78, 5) is 44.0. The number of nitrogens with zero attached hydrogens (tertiary/aromatic N) is 3. The normalized spacial score (nSPS) is 22.6. The maximum atomic E-state index is 12.9. The fourth-order valence-corrected chi connectivity index (χ4v) is 5.06. The van der Waals surface area contributed by atoms with E-state index in [0.717, 1.165) is 23.4 Å². The predicted molar refractivity (Wildman–Crippen MR) is 135 cm³/mol. The molecule has 2 amide bonds. The molecule has 9 nitrogen and oxygen atoms in total. The maximum absolute atomic E-state index is 12.9. The van der Waals surface area contributed by atoms with E-state index in [1.165, 1.54) is 26.4 Å². The minimum atomic E-state index is -0.767. The fourth-order valence-electron chi connectivity index (χ4n) is 5.06. The zero-order valence-corrected chi connectivity index (χ0v) is 23.0. The van der Waals surface area contributed by atoms with Gasteiger partial charge < -0.3 is 18.8 Å². The first kappa shape index (κ1) is 28.0. The molecule has 0 bridgehead atoms. The number of esters is 1. The first-order chi connectivity index (χ1) is 16.8. The summed E-state index contributed by atoms with van der Waals surface area (Å²) in [5.41, 5.74) is -1.51. The van der Waals surface area contributed by atoms with Crippen molar-refractivity contribution in [2.24, 2.45) is 5.92 Å². The monoisotopic (exact) mass is 505 g/mol. The summed E-state index contributed by atoms with van der Waals surface area (Å²) in [6.45, 7) is 10.6. The lowest BCUT2D eigenvalue weighted by molar-refractivity contribution is -0.144. The van der Waals surface area contributed by atoms with Crippen molar-refractivity contribution < 1.29 is 28.6 Å². The Bertz CT molecular complexity index is 910. The number of methoxy groups -OCH3 is 1. The molecule has 202 valence electrons. The lowest BCUT2D eigenvalue weighted by Crippen LogP contribution is -2.44. The molecule has 2 aliphatic rings. The van der Waals surface area contributed by atoms with Crippen LogP contribution in [0.4, 0.5) is 9.59 Å². The Labute approximate surface area is 214 Å². The molecule has 2 atom stereocenters. The second-order valence-corrected chi connectivity index (χ2v) is 12.1. The van der Waals surface area contributed by atoms with Gasteiger partial charge in [-0.25, -0.2) is 19.5 Å². The average Bonchev–Trinajstić information content (AvgIpc) is 3.28. The first-order valence-electron chi connectivity index (χ1n) is 13.1. The Morgan fingerprint density at radius 2 is 1.61 bits per heavy atom. The van der Waals surface area contributed by atoms with E-state index in [1.54, 1.807) is 41.5 Å². The van der Waals surface area contributed by atoms with E-state index in [2.05, 4.69) is 9.55 Å². The lowest BCUT2D eigenvalue weighted by Gasteiger charge is -2.28. The highest BCUT2D eigenvalue weighted by molar-refractivity contribution is 5.88. The van der Waals surface area contributed by atoms with Gasteiger partial charge in [0.2, 0.25) is 0 Å². The number of ether oxygens (including phenoxy) is 3. The van der Waals surface area contributed by atoms with E-state index >= 15 is 0 Å². The number of carbonyl (C=O) groups excluding carboxylic acids is 3. The average molecular weight is 506 g/mol. The molecule has 36 heavy (non-hydrogen) atoms. The molecule has 9 heteroatoms. The van der Waals surface area contributed by atoms with Gasteiger partial charge in [0.25, 0.3) is 0 Å². The molecule has 2 aliphatic carbocycles. The molecular weight excluding hydrogens is 462 g/mol. The minimum absolute atomic E-state index is 0.0266. The molecule has 3 rings (SSSR count). The molecule has 2 saturated carbocycles. The Kier molecular flexibility index (Phi) is 8.41. The molecule has 0 saturated heterocycles. The third-order valence-corrected chi connectivity index (χ3v) is 6.87. The Morgan fingerprint density at radius 1 is 1.03 bits per heavy atom. The molecule has 0 aliphatic heterocycles. The summed E-state index contributed by atoms with van der Waals surface area (Å²) >= 11 is 0.